The van der Waals surface area contributed by atoms with E-state index >= 15 is 0 Å². The Morgan fingerprint density at radius 3 is 2.65 bits per heavy atom. The number of hydrogen-bond donors (Lipinski definition) is 0. The molecular weight excluding hydrogens is 482 g/mol. The molecule has 0 N–H and O–H groups in total. The molecule has 0 spiro atoms. The minimum Gasteiger partial charge on any atom is -0.465 e. The van der Waals surface area contributed by atoms with Crippen molar-refractivity contribution in [1.29, 1.82) is 0 Å². The summed E-state index contributed by atoms with van der Waals surface area (Å²) in [6.45, 7) is 5.28. The highest BCUT2D eigenvalue weighted by molar-refractivity contribution is 14.1. The fraction of sp³-hybridized carbons (Fsp3) is 0.429. The van der Waals surface area contributed by atoms with Crippen LogP contribution in [0.3, 0.4) is 0 Å². The molecule has 1 aromatic carbocycles. The molecular formula is C14H16I2N2O2. The Hall–Kier alpha value is -0.380. The third kappa shape index (κ3) is 3.26. The topological polar surface area (TPSA) is 44.1 Å². The Balaban J connectivity index is 2.71. The van der Waals surface area contributed by atoms with Gasteiger partial charge in [0.1, 0.15) is 0 Å². The number of ether oxygens (including phenoxy) is 1. The number of benzene rings is 1. The van der Waals surface area contributed by atoms with Gasteiger partial charge in [-0.1, -0.05) is 13.8 Å². The Labute approximate surface area is 145 Å². The highest BCUT2D eigenvalue weighted by atomic mass is 127. The first-order chi connectivity index (χ1) is 9.58. The number of halogens is 2. The lowest BCUT2D eigenvalue weighted by molar-refractivity contribution is 0.272. The van der Waals surface area contributed by atoms with Crippen molar-refractivity contribution in [2.24, 2.45) is 0 Å². The monoisotopic (exact) mass is 498 g/mol. The van der Waals surface area contributed by atoms with E-state index in [-0.39, 0.29) is 5.56 Å². The van der Waals surface area contributed by atoms with Crippen molar-refractivity contribution in [3.63, 3.8) is 0 Å². The van der Waals surface area contributed by atoms with Crippen molar-refractivity contribution in [2.75, 3.05) is 6.61 Å². The average Bonchev–Trinajstić information content (AvgIpc) is 2.41. The van der Waals surface area contributed by atoms with Gasteiger partial charge in [0, 0.05) is 13.7 Å². The summed E-state index contributed by atoms with van der Waals surface area (Å²) in [5.74, 6) is 0. The molecule has 4 nitrogen and oxygen atoms in total. The van der Waals surface area contributed by atoms with Crippen LogP contribution in [0.2, 0.25) is 0 Å². The Morgan fingerprint density at radius 1 is 1.25 bits per heavy atom. The molecule has 0 saturated carbocycles. The number of rotatable bonds is 5. The van der Waals surface area contributed by atoms with Crippen molar-refractivity contribution in [2.45, 2.75) is 33.2 Å². The third-order valence-electron chi connectivity index (χ3n) is 2.82. The van der Waals surface area contributed by atoms with E-state index in [1.165, 1.54) is 0 Å². The molecule has 0 atom stereocenters. The van der Waals surface area contributed by atoms with Crippen molar-refractivity contribution in [1.82, 2.24) is 9.55 Å². The standard InChI is InChI=1S/C14H16I2N2O2/c1-3-5-18-13(19)10-7-9(15)8-11(16)12(10)17-14(18)20-6-4-2/h7-8H,3-6H2,1-2H3. The molecule has 108 valence electrons. The quantitative estimate of drug-likeness (QED) is 0.590. The van der Waals surface area contributed by atoms with Crippen molar-refractivity contribution < 1.29 is 4.74 Å². The van der Waals surface area contributed by atoms with E-state index in [1.807, 2.05) is 26.0 Å². The third-order valence-corrected chi connectivity index (χ3v) is 4.27. The summed E-state index contributed by atoms with van der Waals surface area (Å²) >= 11 is 4.44. The molecule has 0 unspecified atom stereocenters. The van der Waals surface area contributed by atoms with E-state index in [0.717, 1.165) is 25.5 Å². The van der Waals surface area contributed by atoms with E-state index in [9.17, 15) is 4.79 Å². The summed E-state index contributed by atoms with van der Waals surface area (Å²) in [6, 6.07) is 4.35. The lowest BCUT2D eigenvalue weighted by Gasteiger charge is -2.13. The maximum absolute atomic E-state index is 12.6. The van der Waals surface area contributed by atoms with Crippen LogP contribution in [0.4, 0.5) is 0 Å². The van der Waals surface area contributed by atoms with Gasteiger partial charge >= 0.3 is 0 Å². The fourth-order valence-corrected chi connectivity index (χ4v) is 3.92. The highest BCUT2D eigenvalue weighted by Crippen LogP contribution is 2.22. The largest absolute Gasteiger partial charge is 0.465 e. The van der Waals surface area contributed by atoms with Gasteiger partial charge in [0.2, 0.25) is 0 Å². The van der Waals surface area contributed by atoms with Gasteiger partial charge in [-0.3, -0.25) is 9.36 Å². The number of aromatic nitrogens is 2. The second-order valence-corrected chi connectivity index (χ2v) is 6.89. The van der Waals surface area contributed by atoms with Crippen LogP contribution in [0.15, 0.2) is 16.9 Å². The van der Waals surface area contributed by atoms with E-state index in [4.69, 9.17) is 4.74 Å². The zero-order chi connectivity index (χ0) is 14.7. The predicted molar refractivity (Wildman–Crippen MR) is 97.5 cm³/mol. The van der Waals surface area contributed by atoms with Crippen LogP contribution in [0.1, 0.15) is 26.7 Å². The normalized spacial score (nSPS) is 11.0. The molecule has 0 aliphatic rings. The molecule has 2 rings (SSSR count). The van der Waals surface area contributed by atoms with Crippen LogP contribution < -0.4 is 10.3 Å². The predicted octanol–water partition coefficient (Wildman–Crippen LogP) is 3.80. The lowest BCUT2D eigenvalue weighted by atomic mass is 10.2. The number of nitrogens with zero attached hydrogens (tertiary/aromatic N) is 2. The van der Waals surface area contributed by atoms with Gasteiger partial charge in [-0.05, 0) is 70.2 Å². The van der Waals surface area contributed by atoms with Gasteiger partial charge in [-0.25, -0.2) is 0 Å². The summed E-state index contributed by atoms with van der Waals surface area (Å²) < 4.78 is 9.33. The molecule has 20 heavy (non-hydrogen) atoms. The van der Waals surface area contributed by atoms with Crippen LogP contribution in [0.25, 0.3) is 10.9 Å². The first kappa shape index (κ1) is 16.0. The maximum Gasteiger partial charge on any atom is 0.299 e. The lowest BCUT2D eigenvalue weighted by Crippen LogP contribution is -2.24. The van der Waals surface area contributed by atoms with E-state index < -0.39 is 0 Å². The summed E-state index contributed by atoms with van der Waals surface area (Å²) in [4.78, 5) is 17.2. The molecule has 2 aromatic rings. The second kappa shape index (κ2) is 7.06. The summed E-state index contributed by atoms with van der Waals surface area (Å²) in [7, 11) is 0. The molecule has 1 aromatic heterocycles. The van der Waals surface area contributed by atoms with Crippen LogP contribution in [0, 0.1) is 7.14 Å². The maximum atomic E-state index is 12.6. The molecule has 0 bridgehead atoms. The van der Waals surface area contributed by atoms with Gasteiger partial charge in [0.25, 0.3) is 11.6 Å². The fourth-order valence-electron chi connectivity index (χ4n) is 1.96. The Bertz CT molecular complexity index is 683. The molecule has 0 radical (unpaired) electrons. The van der Waals surface area contributed by atoms with E-state index in [1.54, 1.807) is 4.57 Å². The van der Waals surface area contributed by atoms with Gasteiger partial charge < -0.3 is 4.74 Å². The molecule has 0 saturated heterocycles. The van der Waals surface area contributed by atoms with Gasteiger partial charge in [-0.2, -0.15) is 4.98 Å². The molecule has 0 aliphatic heterocycles. The second-order valence-electron chi connectivity index (χ2n) is 4.48. The summed E-state index contributed by atoms with van der Waals surface area (Å²) in [6.07, 6.45) is 1.76. The van der Waals surface area contributed by atoms with Crippen molar-refractivity contribution in [3.8, 4) is 6.01 Å². The number of fused-ring (bicyclic) bond motifs is 1. The zero-order valence-corrected chi connectivity index (χ0v) is 15.8. The average molecular weight is 498 g/mol. The van der Waals surface area contributed by atoms with Crippen molar-refractivity contribution >= 4 is 56.1 Å². The SMILES string of the molecule is CCCOc1nc2c(I)cc(I)cc2c(=O)n1CCC. The van der Waals surface area contributed by atoms with Crippen molar-refractivity contribution in [3.05, 3.63) is 29.6 Å². The molecule has 0 fully saturated rings. The van der Waals surface area contributed by atoms with Crippen LogP contribution in [-0.2, 0) is 6.54 Å². The van der Waals surface area contributed by atoms with Crippen LogP contribution in [-0.4, -0.2) is 16.2 Å². The Morgan fingerprint density at radius 2 is 2.00 bits per heavy atom. The van der Waals surface area contributed by atoms with Crippen LogP contribution >= 0.6 is 45.2 Å². The minimum absolute atomic E-state index is 0.0145. The van der Waals surface area contributed by atoms with Crippen LogP contribution in [0.5, 0.6) is 6.01 Å². The first-order valence-electron chi connectivity index (χ1n) is 6.60. The molecule has 6 heteroatoms. The van der Waals surface area contributed by atoms with Gasteiger partial charge in [0.05, 0.1) is 17.5 Å². The summed E-state index contributed by atoms with van der Waals surface area (Å²) in [5, 5.41) is 0.665. The highest BCUT2D eigenvalue weighted by Gasteiger charge is 2.14. The molecule has 0 amide bonds. The van der Waals surface area contributed by atoms with Gasteiger partial charge in [-0.15, -0.1) is 0 Å². The van der Waals surface area contributed by atoms with E-state index in [0.29, 0.717) is 24.5 Å². The summed E-state index contributed by atoms with van der Waals surface area (Å²) in [5.41, 5.74) is 0.717. The van der Waals surface area contributed by atoms with Gasteiger partial charge in [0.15, 0.2) is 0 Å². The zero-order valence-electron chi connectivity index (χ0n) is 11.4. The number of hydrogen-bond acceptors (Lipinski definition) is 3. The Kier molecular flexibility index (Phi) is 5.65. The smallest absolute Gasteiger partial charge is 0.299 e. The minimum atomic E-state index is -0.0145. The van der Waals surface area contributed by atoms with E-state index in [2.05, 4.69) is 50.2 Å². The molecule has 1 heterocycles. The first-order valence-corrected chi connectivity index (χ1v) is 8.76. The molecule has 0 aliphatic carbocycles.